The number of carbonyl (C=O) groups is 1. The highest BCUT2D eigenvalue weighted by Crippen LogP contribution is 2.31. The standard InChI is InChI=1S/C16H21N3O2S/c1-18-5-6-21-14(10-18)11-19(9-12-2-3-12)16(20)15-13(8-17)4-7-22-15/h4,7,12,14H,2-3,5-6,9-11H2,1H3. The quantitative estimate of drug-likeness (QED) is 0.830. The molecule has 0 bridgehead atoms. The third-order valence-corrected chi connectivity index (χ3v) is 5.11. The number of ether oxygens (including phenoxy) is 1. The molecule has 1 saturated heterocycles. The molecule has 5 nitrogen and oxygen atoms in total. The molecule has 1 atom stereocenters. The van der Waals surface area contributed by atoms with E-state index in [0.717, 1.165) is 26.2 Å². The van der Waals surface area contributed by atoms with Crippen LogP contribution < -0.4 is 0 Å². The van der Waals surface area contributed by atoms with Gasteiger partial charge in [0.25, 0.3) is 5.91 Å². The Morgan fingerprint density at radius 1 is 1.55 bits per heavy atom. The number of carbonyl (C=O) groups excluding carboxylic acids is 1. The minimum atomic E-state index is -0.0183. The SMILES string of the molecule is CN1CCOC(CN(CC2CC2)C(=O)c2sccc2C#N)C1. The third-order valence-electron chi connectivity index (χ3n) is 4.21. The van der Waals surface area contributed by atoms with Crippen molar-refractivity contribution in [1.29, 1.82) is 5.26 Å². The van der Waals surface area contributed by atoms with E-state index in [4.69, 9.17) is 10.00 Å². The Kier molecular flexibility index (Phi) is 4.77. The van der Waals surface area contributed by atoms with Crippen LogP contribution in [0.1, 0.15) is 28.1 Å². The predicted octanol–water partition coefficient (Wildman–Crippen LogP) is 1.80. The van der Waals surface area contributed by atoms with Gasteiger partial charge in [-0.2, -0.15) is 5.26 Å². The van der Waals surface area contributed by atoms with Crippen LogP contribution in [0.15, 0.2) is 11.4 Å². The fraction of sp³-hybridized carbons (Fsp3) is 0.625. The first-order valence-electron chi connectivity index (χ1n) is 7.74. The van der Waals surface area contributed by atoms with Crippen LogP contribution in [0.5, 0.6) is 0 Å². The molecule has 1 aromatic heterocycles. The van der Waals surface area contributed by atoms with E-state index in [2.05, 4.69) is 18.0 Å². The van der Waals surface area contributed by atoms with Gasteiger partial charge in [-0.15, -0.1) is 11.3 Å². The Labute approximate surface area is 135 Å². The van der Waals surface area contributed by atoms with Crippen LogP contribution in [0.3, 0.4) is 0 Å². The number of thiophene rings is 1. The van der Waals surface area contributed by atoms with E-state index in [9.17, 15) is 4.79 Å². The summed E-state index contributed by atoms with van der Waals surface area (Å²) in [6.07, 6.45) is 2.46. The fourth-order valence-electron chi connectivity index (χ4n) is 2.78. The molecule has 1 unspecified atom stereocenters. The molecule has 0 spiro atoms. The third kappa shape index (κ3) is 3.67. The lowest BCUT2D eigenvalue weighted by atomic mass is 10.2. The summed E-state index contributed by atoms with van der Waals surface area (Å²) < 4.78 is 5.81. The number of nitrogens with zero attached hydrogens (tertiary/aromatic N) is 3. The second-order valence-corrected chi connectivity index (χ2v) is 7.10. The topological polar surface area (TPSA) is 56.6 Å². The van der Waals surface area contributed by atoms with Gasteiger partial charge in [-0.1, -0.05) is 0 Å². The van der Waals surface area contributed by atoms with Crippen molar-refractivity contribution in [2.45, 2.75) is 18.9 Å². The van der Waals surface area contributed by atoms with Crippen molar-refractivity contribution in [1.82, 2.24) is 9.80 Å². The van der Waals surface area contributed by atoms with Gasteiger partial charge in [-0.25, -0.2) is 0 Å². The average Bonchev–Trinajstić information content (AvgIpc) is 3.19. The zero-order valence-corrected chi connectivity index (χ0v) is 13.6. The van der Waals surface area contributed by atoms with Crippen LogP contribution in [-0.4, -0.2) is 61.6 Å². The van der Waals surface area contributed by atoms with E-state index < -0.39 is 0 Å². The summed E-state index contributed by atoms with van der Waals surface area (Å²) in [6.45, 7) is 3.91. The lowest BCUT2D eigenvalue weighted by Crippen LogP contribution is -2.48. The molecule has 0 N–H and O–H groups in total. The van der Waals surface area contributed by atoms with Crippen molar-refractivity contribution in [3.05, 3.63) is 21.9 Å². The molecule has 2 fully saturated rings. The van der Waals surface area contributed by atoms with Crippen molar-refractivity contribution in [2.24, 2.45) is 5.92 Å². The van der Waals surface area contributed by atoms with E-state index in [1.165, 1.54) is 24.2 Å². The van der Waals surface area contributed by atoms with E-state index in [0.29, 0.717) is 22.9 Å². The molecule has 0 aromatic carbocycles. The van der Waals surface area contributed by atoms with E-state index in [1.54, 1.807) is 6.07 Å². The Bertz CT molecular complexity index is 576. The van der Waals surface area contributed by atoms with Crippen molar-refractivity contribution >= 4 is 17.2 Å². The second kappa shape index (κ2) is 6.78. The van der Waals surface area contributed by atoms with Crippen LogP contribution in [0, 0.1) is 17.2 Å². The maximum atomic E-state index is 12.8. The molecule has 22 heavy (non-hydrogen) atoms. The highest BCUT2D eigenvalue weighted by atomic mass is 32.1. The summed E-state index contributed by atoms with van der Waals surface area (Å²) in [5, 5.41) is 11.0. The predicted molar refractivity (Wildman–Crippen MR) is 84.9 cm³/mol. The molecule has 6 heteroatoms. The van der Waals surface area contributed by atoms with E-state index >= 15 is 0 Å². The smallest absolute Gasteiger partial charge is 0.265 e. The highest BCUT2D eigenvalue weighted by molar-refractivity contribution is 7.12. The summed E-state index contributed by atoms with van der Waals surface area (Å²) in [5.41, 5.74) is 0.484. The summed E-state index contributed by atoms with van der Waals surface area (Å²) in [6, 6.07) is 3.83. The molecule has 1 amide bonds. The molecule has 118 valence electrons. The van der Waals surface area contributed by atoms with Gasteiger partial charge in [0, 0.05) is 26.2 Å². The van der Waals surface area contributed by atoms with Gasteiger partial charge >= 0.3 is 0 Å². The molecule has 3 rings (SSSR count). The molecule has 1 saturated carbocycles. The van der Waals surface area contributed by atoms with Crippen LogP contribution in [-0.2, 0) is 4.74 Å². The number of hydrogen-bond acceptors (Lipinski definition) is 5. The largest absolute Gasteiger partial charge is 0.374 e. The van der Waals surface area contributed by atoms with Crippen molar-refractivity contribution in [2.75, 3.05) is 39.8 Å². The molecule has 2 aliphatic rings. The molecule has 0 radical (unpaired) electrons. The number of hydrogen-bond donors (Lipinski definition) is 0. The zero-order chi connectivity index (χ0) is 15.5. The maximum absolute atomic E-state index is 12.8. The fourth-order valence-corrected chi connectivity index (χ4v) is 3.59. The lowest BCUT2D eigenvalue weighted by Gasteiger charge is -2.34. The molecular formula is C16H21N3O2S. The number of morpholine rings is 1. The van der Waals surface area contributed by atoms with Gasteiger partial charge in [0.05, 0.1) is 18.3 Å². The Morgan fingerprint density at radius 3 is 3.05 bits per heavy atom. The Morgan fingerprint density at radius 2 is 2.36 bits per heavy atom. The summed E-state index contributed by atoms with van der Waals surface area (Å²) in [4.78, 5) is 17.5. The number of rotatable bonds is 5. The minimum Gasteiger partial charge on any atom is -0.374 e. The summed E-state index contributed by atoms with van der Waals surface area (Å²) in [5.74, 6) is 0.603. The van der Waals surface area contributed by atoms with Crippen LogP contribution in [0.4, 0.5) is 0 Å². The molecule has 1 aromatic rings. The molecule has 1 aliphatic carbocycles. The first-order chi connectivity index (χ1) is 10.7. The van der Waals surface area contributed by atoms with Gasteiger partial charge in [0.2, 0.25) is 0 Å². The van der Waals surface area contributed by atoms with Crippen LogP contribution in [0.2, 0.25) is 0 Å². The Balaban J connectivity index is 1.71. The number of nitriles is 1. The monoisotopic (exact) mass is 319 g/mol. The molecule has 2 heterocycles. The number of likely N-dealkylation sites (N-methyl/N-ethyl adjacent to an activating group) is 1. The average molecular weight is 319 g/mol. The maximum Gasteiger partial charge on any atom is 0.265 e. The lowest BCUT2D eigenvalue weighted by molar-refractivity contribution is -0.0330. The second-order valence-electron chi connectivity index (χ2n) is 6.18. The van der Waals surface area contributed by atoms with Gasteiger partial charge in [-0.05, 0) is 37.3 Å². The minimum absolute atomic E-state index is 0.0183. The first-order valence-corrected chi connectivity index (χ1v) is 8.62. The van der Waals surface area contributed by atoms with Crippen molar-refractivity contribution < 1.29 is 9.53 Å². The van der Waals surface area contributed by atoms with Crippen molar-refractivity contribution in [3.63, 3.8) is 0 Å². The summed E-state index contributed by atoms with van der Waals surface area (Å²) >= 11 is 1.36. The van der Waals surface area contributed by atoms with E-state index in [1.807, 2.05) is 10.3 Å². The van der Waals surface area contributed by atoms with Crippen LogP contribution >= 0.6 is 11.3 Å². The zero-order valence-electron chi connectivity index (χ0n) is 12.8. The van der Waals surface area contributed by atoms with Crippen molar-refractivity contribution in [3.8, 4) is 6.07 Å². The van der Waals surface area contributed by atoms with Gasteiger partial charge in [-0.3, -0.25) is 4.79 Å². The Hall–Kier alpha value is -1.42. The van der Waals surface area contributed by atoms with Gasteiger partial charge < -0.3 is 14.5 Å². The van der Waals surface area contributed by atoms with E-state index in [-0.39, 0.29) is 12.0 Å². The summed E-state index contributed by atoms with van der Waals surface area (Å²) in [7, 11) is 2.08. The van der Waals surface area contributed by atoms with Gasteiger partial charge in [0.1, 0.15) is 10.9 Å². The molecule has 1 aliphatic heterocycles. The first kappa shape index (κ1) is 15.5. The van der Waals surface area contributed by atoms with Gasteiger partial charge in [0.15, 0.2) is 0 Å². The normalized spacial score (nSPS) is 22.3. The highest BCUT2D eigenvalue weighted by Gasteiger charge is 2.31. The van der Waals surface area contributed by atoms with Crippen LogP contribution in [0.25, 0.3) is 0 Å². The molecular weight excluding hydrogens is 298 g/mol. The number of amides is 1.